The lowest BCUT2D eigenvalue weighted by Gasteiger charge is -2.41. The van der Waals surface area contributed by atoms with Gasteiger partial charge < -0.3 is 15.1 Å². The maximum Gasteiger partial charge on any atom is 0.225 e. The van der Waals surface area contributed by atoms with Gasteiger partial charge in [-0.2, -0.15) is 0 Å². The first-order valence-electron chi connectivity index (χ1n) is 10.7. The summed E-state index contributed by atoms with van der Waals surface area (Å²) in [6.07, 6.45) is 6.72. The van der Waals surface area contributed by atoms with Gasteiger partial charge in [0.05, 0.1) is 12.0 Å². The predicted octanol–water partition coefficient (Wildman–Crippen LogP) is 2.15. The standard InChI is InChI=1S/C22H32N4O3/c1-16(2)15-26-20(28)9-8-18(21(26)17-6-3-10-23-14-17)22(29)24-11-5-13-25-12-4-7-19(25)27/h3,6,10,14,16,18,21H,4-5,7-9,11-13,15H2,1-2H3,(H,24,29)/t18-,21+/m1/s1. The van der Waals surface area contributed by atoms with Gasteiger partial charge in [0, 0.05) is 51.4 Å². The molecule has 1 N–H and O–H groups in total. The van der Waals surface area contributed by atoms with E-state index in [1.54, 1.807) is 12.4 Å². The van der Waals surface area contributed by atoms with Crippen LogP contribution < -0.4 is 5.32 Å². The number of carbonyl (C=O) groups is 3. The molecule has 0 bridgehead atoms. The molecule has 1 aromatic heterocycles. The van der Waals surface area contributed by atoms with Crippen molar-refractivity contribution in [3.8, 4) is 0 Å². The van der Waals surface area contributed by atoms with Crippen molar-refractivity contribution >= 4 is 17.7 Å². The summed E-state index contributed by atoms with van der Waals surface area (Å²) in [5.41, 5.74) is 0.906. The first kappa shape index (κ1) is 21.3. The SMILES string of the molecule is CC(C)CN1C(=O)CC[C@@H](C(=O)NCCCN2CCCC2=O)[C@@H]1c1cccnc1. The van der Waals surface area contributed by atoms with Crippen molar-refractivity contribution < 1.29 is 14.4 Å². The molecule has 0 spiro atoms. The molecule has 2 atom stereocenters. The van der Waals surface area contributed by atoms with E-state index in [1.807, 2.05) is 21.9 Å². The number of pyridine rings is 1. The minimum Gasteiger partial charge on any atom is -0.356 e. The number of nitrogens with one attached hydrogen (secondary N) is 1. The van der Waals surface area contributed by atoms with Gasteiger partial charge in [-0.3, -0.25) is 19.4 Å². The highest BCUT2D eigenvalue weighted by Gasteiger charge is 2.40. The average Bonchev–Trinajstić information content (AvgIpc) is 3.11. The highest BCUT2D eigenvalue weighted by Crippen LogP contribution is 2.37. The molecule has 29 heavy (non-hydrogen) atoms. The minimum absolute atomic E-state index is 0.0205. The lowest BCUT2D eigenvalue weighted by atomic mass is 9.83. The molecule has 0 unspecified atom stereocenters. The molecule has 1 aromatic rings. The third kappa shape index (κ3) is 5.34. The molecule has 2 saturated heterocycles. The highest BCUT2D eigenvalue weighted by atomic mass is 16.2. The molecule has 7 nitrogen and oxygen atoms in total. The highest BCUT2D eigenvalue weighted by molar-refractivity contribution is 5.85. The molecule has 0 saturated carbocycles. The summed E-state index contributed by atoms with van der Waals surface area (Å²) in [7, 11) is 0. The third-order valence-corrected chi connectivity index (χ3v) is 5.71. The molecule has 3 rings (SSSR count). The van der Waals surface area contributed by atoms with Crippen LogP contribution in [0.3, 0.4) is 0 Å². The van der Waals surface area contributed by atoms with Crippen LogP contribution in [-0.4, -0.2) is 58.7 Å². The Morgan fingerprint density at radius 3 is 2.76 bits per heavy atom. The van der Waals surface area contributed by atoms with E-state index < -0.39 is 0 Å². The van der Waals surface area contributed by atoms with Crippen LogP contribution in [0, 0.1) is 11.8 Å². The molecule has 0 radical (unpaired) electrons. The average molecular weight is 401 g/mol. The topological polar surface area (TPSA) is 82.6 Å². The Bertz CT molecular complexity index is 722. The Hall–Kier alpha value is -2.44. The van der Waals surface area contributed by atoms with Gasteiger partial charge in [0.25, 0.3) is 0 Å². The molecule has 2 aliphatic rings. The second-order valence-corrected chi connectivity index (χ2v) is 8.45. The van der Waals surface area contributed by atoms with Crippen LogP contribution in [0.4, 0.5) is 0 Å². The number of hydrogen-bond donors (Lipinski definition) is 1. The van der Waals surface area contributed by atoms with Crippen LogP contribution in [-0.2, 0) is 14.4 Å². The van der Waals surface area contributed by atoms with Gasteiger partial charge in [-0.05, 0) is 36.8 Å². The van der Waals surface area contributed by atoms with E-state index in [0.717, 1.165) is 24.9 Å². The van der Waals surface area contributed by atoms with Crippen LogP contribution in [0.2, 0.25) is 0 Å². The monoisotopic (exact) mass is 400 g/mol. The Balaban J connectivity index is 1.65. The molecule has 2 aliphatic heterocycles. The van der Waals surface area contributed by atoms with Gasteiger partial charge in [0.2, 0.25) is 17.7 Å². The second-order valence-electron chi connectivity index (χ2n) is 8.45. The first-order valence-corrected chi connectivity index (χ1v) is 10.7. The molecular formula is C22H32N4O3. The van der Waals surface area contributed by atoms with Crippen molar-refractivity contribution in [1.82, 2.24) is 20.1 Å². The fraction of sp³-hybridized carbons (Fsp3) is 0.636. The van der Waals surface area contributed by atoms with Gasteiger partial charge in [0.1, 0.15) is 0 Å². The summed E-state index contributed by atoms with van der Waals surface area (Å²) in [5.74, 6) is 0.321. The maximum atomic E-state index is 13.0. The number of amides is 3. The number of piperidine rings is 1. The van der Waals surface area contributed by atoms with Crippen molar-refractivity contribution in [2.75, 3.05) is 26.2 Å². The number of rotatable bonds is 8. The summed E-state index contributed by atoms with van der Waals surface area (Å²) < 4.78 is 0. The summed E-state index contributed by atoms with van der Waals surface area (Å²) >= 11 is 0. The van der Waals surface area contributed by atoms with Crippen LogP contribution >= 0.6 is 0 Å². The molecule has 3 heterocycles. The first-order chi connectivity index (χ1) is 14.0. The van der Waals surface area contributed by atoms with Crippen LogP contribution in [0.25, 0.3) is 0 Å². The quantitative estimate of drug-likeness (QED) is 0.678. The van der Waals surface area contributed by atoms with E-state index in [4.69, 9.17) is 0 Å². The van der Waals surface area contributed by atoms with Crippen LogP contribution in [0.1, 0.15) is 57.6 Å². The minimum atomic E-state index is -0.288. The summed E-state index contributed by atoms with van der Waals surface area (Å²) in [5, 5.41) is 3.04. The molecule has 0 aliphatic carbocycles. The summed E-state index contributed by atoms with van der Waals surface area (Å²) in [6.45, 7) is 6.84. The molecule has 3 amide bonds. The van der Waals surface area contributed by atoms with Crippen molar-refractivity contribution in [1.29, 1.82) is 0 Å². The van der Waals surface area contributed by atoms with E-state index in [0.29, 0.717) is 44.8 Å². The number of likely N-dealkylation sites (tertiary alicyclic amines) is 2. The number of hydrogen-bond acceptors (Lipinski definition) is 4. The van der Waals surface area contributed by atoms with Crippen LogP contribution in [0.5, 0.6) is 0 Å². The zero-order valence-electron chi connectivity index (χ0n) is 17.5. The van der Waals surface area contributed by atoms with E-state index in [-0.39, 0.29) is 29.7 Å². The largest absolute Gasteiger partial charge is 0.356 e. The zero-order chi connectivity index (χ0) is 20.8. The van der Waals surface area contributed by atoms with Crippen LogP contribution in [0.15, 0.2) is 24.5 Å². The Morgan fingerprint density at radius 1 is 1.28 bits per heavy atom. The Kier molecular flexibility index (Phi) is 7.23. The van der Waals surface area contributed by atoms with Gasteiger partial charge in [0.15, 0.2) is 0 Å². The van der Waals surface area contributed by atoms with Gasteiger partial charge in [-0.15, -0.1) is 0 Å². The molecule has 2 fully saturated rings. The fourth-order valence-corrected chi connectivity index (χ4v) is 4.35. The second kappa shape index (κ2) is 9.85. The van der Waals surface area contributed by atoms with Gasteiger partial charge >= 0.3 is 0 Å². The smallest absolute Gasteiger partial charge is 0.225 e. The molecule has 0 aromatic carbocycles. The van der Waals surface area contributed by atoms with E-state index in [1.165, 1.54) is 0 Å². The number of aromatic nitrogens is 1. The number of carbonyl (C=O) groups excluding carboxylic acids is 3. The summed E-state index contributed by atoms with van der Waals surface area (Å²) in [6, 6.07) is 3.51. The lowest BCUT2D eigenvalue weighted by molar-refractivity contribution is -0.144. The van der Waals surface area contributed by atoms with Crippen molar-refractivity contribution in [2.24, 2.45) is 11.8 Å². The normalized spacial score (nSPS) is 22.4. The van der Waals surface area contributed by atoms with Gasteiger partial charge in [-0.1, -0.05) is 19.9 Å². The zero-order valence-corrected chi connectivity index (χ0v) is 17.5. The maximum absolute atomic E-state index is 13.0. The Morgan fingerprint density at radius 2 is 2.10 bits per heavy atom. The predicted molar refractivity (Wildman–Crippen MR) is 110 cm³/mol. The van der Waals surface area contributed by atoms with Crippen molar-refractivity contribution in [3.63, 3.8) is 0 Å². The Labute approximate surface area is 172 Å². The molecule has 158 valence electrons. The summed E-state index contributed by atoms with van der Waals surface area (Å²) in [4.78, 5) is 45.3. The van der Waals surface area contributed by atoms with Gasteiger partial charge in [-0.25, -0.2) is 0 Å². The fourth-order valence-electron chi connectivity index (χ4n) is 4.35. The van der Waals surface area contributed by atoms with E-state index in [2.05, 4.69) is 24.1 Å². The van der Waals surface area contributed by atoms with E-state index >= 15 is 0 Å². The molecule has 7 heteroatoms. The molecular weight excluding hydrogens is 368 g/mol. The lowest BCUT2D eigenvalue weighted by Crippen LogP contribution is -2.49. The van der Waals surface area contributed by atoms with Crippen molar-refractivity contribution in [2.45, 2.75) is 52.0 Å². The number of nitrogens with zero attached hydrogens (tertiary/aromatic N) is 3. The third-order valence-electron chi connectivity index (χ3n) is 5.71. The van der Waals surface area contributed by atoms with E-state index in [9.17, 15) is 14.4 Å². The van der Waals surface area contributed by atoms with Crippen molar-refractivity contribution in [3.05, 3.63) is 30.1 Å².